The van der Waals surface area contributed by atoms with Crippen LogP contribution < -0.4 is 4.87 Å². The first-order valence-electron chi connectivity index (χ1n) is 7.47. The highest BCUT2D eigenvalue weighted by Crippen LogP contribution is 2.25. The van der Waals surface area contributed by atoms with Gasteiger partial charge in [0.15, 0.2) is 6.29 Å². The number of aliphatic hydroxyl groups excluding tert-OH is 1. The number of carbonyl (C=O) groups excluding carboxylic acids is 1. The number of aromatic nitrogens is 1. The van der Waals surface area contributed by atoms with Crippen LogP contribution in [0.15, 0.2) is 23.0 Å². The number of hydrogen-bond donors (Lipinski definition) is 1. The quantitative estimate of drug-likeness (QED) is 0.811. The number of piperazine rings is 1. The van der Waals surface area contributed by atoms with E-state index in [1.165, 1.54) is 4.57 Å². The van der Waals surface area contributed by atoms with E-state index in [1.54, 1.807) is 18.2 Å². The lowest BCUT2D eigenvalue weighted by molar-refractivity contribution is -0.116. The van der Waals surface area contributed by atoms with Crippen molar-refractivity contribution in [3.8, 4) is 0 Å². The molecule has 1 N–H and O–H groups in total. The van der Waals surface area contributed by atoms with E-state index in [9.17, 15) is 9.59 Å². The van der Waals surface area contributed by atoms with Crippen molar-refractivity contribution in [1.29, 1.82) is 0 Å². The first-order chi connectivity index (χ1) is 11.1. The summed E-state index contributed by atoms with van der Waals surface area (Å²) in [5, 5.41) is 9.55. The number of thiazole rings is 1. The second kappa shape index (κ2) is 7.11. The monoisotopic (exact) mass is 355 g/mol. The SMILES string of the molecule is O=CC(N1CCN(CCO)CC1)n1c(=O)sc2ccc(Cl)cc21. The van der Waals surface area contributed by atoms with Gasteiger partial charge < -0.3 is 5.11 Å². The second-order valence-corrected chi connectivity index (χ2v) is 6.93. The molecule has 1 unspecified atom stereocenters. The molecule has 1 aromatic heterocycles. The van der Waals surface area contributed by atoms with Crippen molar-refractivity contribution >= 4 is 39.4 Å². The topological polar surface area (TPSA) is 65.8 Å². The number of aliphatic hydroxyl groups is 1. The molecular formula is C15H18ClN3O3S. The first kappa shape index (κ1) is 16.6. The van der Waals surface area contributed by atoms with Crippen molar-refractivity contribution in [3.63, 3.8) is 0 Å². The molecule has 1 aliphatic heterocycles. The van der Waals surface area contributed by atoms with Gasteiger partial charge in [-0.2, -0.15) is 0 Å². The summed E-state index contributed by atoms with van der Waals surface area (Å²) < 4.78 is 2.35. The largest absolute Gasteiger partial charge is 0.395 e. The van der Waals surface area contributed by atoms with Gasteiger partial charge in [-0.25, -0.2) is 0 Å². The van der Waals surface area contributed by atoms with Gasteiger partial charge in [-0.05, 0) is 18.2 Å². The summed E-state index contributed by atoms with van der Waals surface area (Å²) in [4.78, 5) is 28.1. The van der Waals surface area contributed by atoms with E-state index in [2.05, 4.69) is 4.90 Å². The average Bonchev–Trinajstić information content (AvgIpc) is 2.86. The van der Waals surface area contributed by atoms with Crippen LogP contribution in [0.25, 0.3) is 10.2 Å². The van der Waals surface area contributed by atoms with Crippen molar-refractivity contribution in [2.24, 2.45) is 0 Å². The molecule has 1 saturated heterocycles. The number of halogens is 1. The molecule has 1 aliphatic rings. The lowest BCUT2D eigenvalue weighted by Crippen LogP contribution is -2.50. The molecule has 1 aromatic carbocycles. The van der Waals surface area contributed by atoms with Gasteiger partial charge in [0.2, 0.25) is 0 Å². The van der Waals surface area contributed by atoms with E-state index in [1.807, 2.05) is 4.90 Å². The lowest BCUT2D eigenvalue weighted by atomic mass is 10.2. The summed E-state index contributed by atoms with van der Waals surface area (Å²) in [6, 6.07) is 5.28. The fourth-order valence-corrected chi connectivity index (χ4v) is 4.02. The number of hydrogen-bond acceptors (Lipinski definition) is 6. The van der Waals surface area contributed by atoms with Crippen LogP contribution in [0.4, 0.5) is 0 Å². The summed E-state index contributed by atoms with van der Waals surface area (Å²) >= 11 is 7.17. The van der Waals surface area contributed by atoms with E-state index in [4.69, 9.17) is 16.7 Å². The van der Waals surface area contributed by atoms with Crippen molar-refractivity contribution in [2.45, 2.75) is 6.17 Å². The van der Waals surface area contributed by atoms with E-state index >= 15 is 0 Å². The van der Waals surface area contributed by atoms with Crippen molar-refractivity contribution in [2.75, 3.05) is 39.3 Å². The van der Waals surface area contributed by atoms with Crippen LogP contribution in [0.5, 0.6) is 0 Å². The van der Waals surface area contributed by atoms with Crippen LogP contribution in [0, 0.1) is 0 Å². The smallest absolute Gasteiger partial charge is 0.309 e. The highest BCUT2D eigenvalue weighted by Gasteiger charge is 2.27. The van der Waals surface area contributed by atoms with Gasteiger partial charge in [-0.1, -0.05) is 22.9 Å². The van der Waals surface area contributed by atoms with E-state index in [-0.39, 0.29) is 11.5 Å². The number of nitrogens with zero attached hydrogens (tertiary/aromatic N) is 3. The summed E-state index contributed by atoms with van der Waals surface area (Å²) in [5.41, 5.74) is 0.697. The fraction of sp³-hybridized carbons (Fsp3) is 0.467. The Hall–Kier alpha value is -1.25. The molecule has 124 valence electrons. The summed E-state index contributed by atoms with van der Waals surface area (Å²) in [6.07, 6.45) is 0.196. The van der Waals surface area contributed by atoms with E-state index in [0.717, 1.165) is 35.4 Å². The van der Waals surface area contributed by atoms with Crippen LogP contribution >= 0.6 is 22.9 Å². The molecule has 23 heavy (non-hydrogen) atoms. The minimum atomic E-state index is -0.619. The number of carbonyl (C=O) groups is 1. The predicted octanol–water partition coefficient (Wildman–Crippen LogP) is 1.02. The summed E-state index contributed by atoms with van der Waals surface area (Å²) in [5.74, 6) is 0. The molecule has 0 bridgehead atoms. The van der Waals surface area contributed by atoms with Gasteiger partial charge in [-0.3, -0.25) is 24.0 Å². The maximum Gasteiger partial charge on any atom is 0.309 e. The van der Waals surface area contributed by atoms with Gasteiger partial charge in [-0.15, -0.1) is 0 Å². The molecule has 0 saturated carbocycles. The van der Waals surface area contributed by atoms with E-state index < -0.39 is 6.17 Å². The maximum atomic E-state index is 12.4. The third-order valence-corrected chi connectivity index (χ3v) is 5.33. The number of fused-ring (bicyclic) bond motifs is 1. The molecule has 0 aliphatic carbocycles. The number of benzene rings is 1. The predicted molar refractivity (Wildman–Crippen MR) is 91.3 cm³/mol. The van der Waals surface area contributed by atoms with Crippen LogP contribution in [0.2, 0.25) is 5.02 Å². The van der Waals surface area contributed by atoms with Crippen molar-refractivity contribution < 1.29 is 9.90 Å². The van der Waals surface area contributed by atoms with Gasteiger partial charge in [0, 0.05) is 37.7 Å². The van der Waals surface area contributed by atoms with Gasteiger partial charge in [0.1, 0.15) is 6.17 Å². The first-order valence-corrected chi connectivity index (χ1v) is 8.66. The van der Waals surface area contributed by atoms with Crippen molar-refractivity contribution in [1.82, 2.24) is 14.4 Å². The molecule has 2 heterocycles. The molecule has 1 atom stereocenters. The fourth-order valence-electron chi connectivity index (χ4n) is 2.96. The Morgan fingerprint density at radius 2 is 2.04 bits per heavy atom. The average molecular weight is 356 g/mol. The standard InChI is InChI=1S/C15H18ClN3O3S/c16-11-1-2-13-12(9-11)19(15(22)23-13)14(10-21)18-5-3-17(4-6-18)7-8-20/h1-2,9-10,14,20H,3-8H2. The molecule has 8 heteroatoms. The Balaban J connectivity index is 1.90. The normalized spacial score (nSPS) is 18.3. The third kappa shape index (κ3) is 3.34. The molecule has 1 fully saturated rings. The molecule has 3 rings (SSSR count). The Bertz CT molecular complexity index is 752. The van der Waals surface area contributed by atoms with Gasteiger partial charge in [0.25, 0.3) is 0 Å². The molecule has 0 radical (unpaired) electrons. The zero-order valence-electron chi connectivity index (χ0n) is 12.5. The highest BCUT2D eigenvalue weighted by molar-refractivity contribution is 7.16. The van der Waals surface area contributed by atoms with Crippen LogP contribution in [0.3, 0.4) is 0 Å². The highest BCUT2D eigenvalue weighted by atomic mass is 35.5. The molecule has 2 aromatic rings. The number of β-amino-alcohol motifs (C(OH)–C–C–N with tert-alkyl or cyclic N) is 1. The zero-order valence-corrected chi connectivity index (χ0v) is 14.1. The Labute approximate surface area is 142 Å². The molecule has 0 spiro atoms. The number of aldehydes is 1. The summed E-state index contributed by atoms with van der Waals surface area (Å²) in [6.45, 7) is 3.65. The Kier molecular flexibility index (Phi) is 5.13. The second-order valence-electron chi connectivity index (χ2n) is 5.50. The molecule has 6 nitrogen and oxygen atoms in total. The minimum absolute atomic E-state index is 0.129. The maximum absolute atomic E-state index is 12.4. The van der Waals surface area contributed by atoms with E-state index in [0.29, 0.717) is 30.2 Å². The van der Waals surface area contributed by atoms with Crippen LogP contribution in [-0.4, -0.2) is 65.1 Å². The lowest BCUT2D eigenvalue weighted by Gasteiger charge is -2.37. The zero-order chi connectivity index (χ0) is 16.4. The van der Waals surface area contributed by atoms with Gasteiger partial charge >= 0.3 is 4.87 Å². The van der Waals surface area contributed by atoms with Gasteiger partial charge in [0.05, 0.1) is 16.8 Å². The van der Waals surface area contributed by atoms with Crippen molar-refractivity contribution in [3.05, 3.63) is 32.9 Å². The minimum Gasteiger partial charge on any atom is -0.395 e. The van der Waals surface area contributed by atoms with Crippen LogP contribution in [0.1, 0.15) is 6.17 Å². The van der Waals surface area contributed by atoms with Crippen LogP contribution in [-0.2, 0) is 4.79 Å². The molecular weight excluding hydrogens is 338 g/mol. The Morgan fingerprint density at radius 3 is 2.70 bits per heavy atom. The third-order valence-electron chi connectivity index (χ3n) is 4.16. The Morgan fingerprint density at radius 1 is 1.30 bits per heavy atom. The molecule has 0 amide bonds. The summed E-state index contributed by atoms with van der Waals surface area (Å²) in [7, 11) is 0. The number of rotatable bonds is 5.